The topological polar surface area (TPSA) is 82.6 Å². The fraction of sp³-hybridized carbons (Fsp3) is 0.0833. The minimum absolute atomic E-state index is 0.112. The maximum Gasteiger partial charge on any atom is 0.338 e. The lowest BCUT2D eigenvalue weighted by molar-refractivity contribution is -0.384. The molecule has 0 aliphatic rings. The zero-order valence-corrected chi connectivity index (χ0v) is 11.3. The summed E-state index contributed by atoms with van der Waals surface area (Å²) in [7, 11) is 1.21. The highest BCUT2D eigenvalue weighted by Crippen LogP contribution is 2.36. The Bertz CT molecular complexity index is 649. The zero-order valence-electron chi connectivity index (χ0n) is 9.75. The average molecular weight is 326 g/mol. The number of hydrogen-bond donors (Lipinski definition) is 0. The molecule has 0 unspecified atom stereocenters. The number of carbonyl (C=O) groups is 1. The van der Waals surface area contributed by atoms with Crippen molar-refractivity contribution in [3.05, 3.63) is 50.7 Å². The third-order valence-corrected chi connectivity index (χ3v) is 3.10. The smallest absolute Gasteiger partial charge is 0.338 e. The van der Waals surface area contributed by atoms with Crippen molar-refractivity contribution in [2.75, 3.05) is 7.11 Å². The number of furan rings is 1. The summed E-state index contributed by atoms with van der Waals surface area (Å²) in [4.78, 5) is 21.9. The fourth-order valence-electron chi connectivity index (χ4n) is 1.61. The number of nitrogens with zero attached hydrogens (tertiary/aromatic N) is 1. The number of benzene rings is 1. The Kier molecular flexibility index (Phi) is 3.66. The van der Waals surface area contributed by atoms with Crippen molar-refractivity contribution in [1.82, 2.24) is 0 Å². The molecule has 0 aliphatic carbocycles. The number of halogens is 1. The maximum absolute atomic E-state index is 11.4. The zero-order chi connectivity index (χ0) is 14.0. The molecule has 6 nitrogen and oxygen atoms in total. The molecule has 1 aromatic heterocycles. The second-order valence-electron chi connectivity index (χ2n) is 3.58. The van der Waals surface area contributed by atoms with Gasteiger partial charge in [-0.05, 0) is 34.1 Å². The minimum atomic E-state index is -0.631. The third kappa shape index (κ3) is 2.50. The van der Waals surface area contributed by atoms with Crippen LogP contribution in [0.3, 0.4) is 0 Å². The Morgan fingerprint density at radius 1 is 1.42 bits per heavy atom. The van der Waals surface area contributed by atoms with Gasteiger partial charge < -0.3 is 9.15 Å². The van der Waals surface area contributed by atoms with E-state index in [1.807, 2.05) is 0 Å². The molecule has 0 N–H and O–H groups in total. The van der Waals surface area contributed by atoms with Gasteiger partial charge in [-0.25, -0.2) is 4.79 Å². The van der Waals surface area contributed by atoms with E-state index in [-0.39, 0.29) is 16.8 Å². The number of nitro groups is 1. The second-order valence-corrected chi connectivity index (χ2v) is 4.43. The molecule has 0 fully saturated rings. The van der Waals surface area contributed by atoms with Crippen molar-refractivity contribution >= 4 is 27.6 Å². The largest absolute Gasteiger partial charge is 0.465 e. The van der Waals surface area contributed by atoms with Gasteiger partial charge in [-0.3, -0.25) is 10.1 Å². The van der Waals surface area contributed by atoms with E-state index in [2.05, 4.69) is 20.7 Å². The van der Waals surface area contributed by atoms with E-state index < -0.39 is 10.9 Å². The molecule has 0 atom stereocenters. The summed E-state index contributed by atoms with van der Waals surface area (Å²) in [6.45, 7) is 0. The first-order chi connectivity index (χ1) is 9.04. The summed E-state index contributed by atoms with van der Waals surface area (Å²) in [5.41, 5.74) is 0.175. The summed E-state index contributed by atoms with van der Waals surface area (Å²) in [5, 5.41) is 11.1. The molecular weight excluding hydrogens is 318 g/mol. The Balaban J connectivity index is 2.60. The molecule has 0 saturated heterocycles. The number of methoxy groups -OCH3 is 1. The minimum Gasteiger partial charge on any atom is -0.465 e. The van der Waals surface area contributed by atoms with Crippen molar-refractivity contribution in [2.45, 2.75) is 0 Å². The number of nitro benzene ring substituents is 1. The molecule has 0 radical (unpaired) electrons. The summed E-state index contributed by atoms with van der Waals surface area (Å²) in [6, 6.07) is 5.69. The predicted octanol–water partition coefficient (Wildman–Crippen LogP) is 3.40. The number of hydrogen-bond acceptors (Lipinski definition) is 5. The highest BCUT2D eigenvalue weighted by molar-refractivity contribution is 9.10. The molecule has 0 bridgehead atoms. The lowest BCUT2D eigenvalue weighted by atomic mass is 10.1. The van der Waals surface area contributed by atoms with Crippen LogP contribution in [0.15, 0.2) is 39.4 Å². The lowest BCUT2D eigenvalue weighted by Gasteiger charge is -2.03. The molecule has 0 amide bonds. The van der Waals surface area contributed by atoms with Gasteiger partial charge in [-0.15, -0.1) is 0 Å². The molecule has 0 aliphatic heterocycles. The predicted molar refractivity (Wildman–Crippen MR) is 69.8 cm³/mol. The van der Waals surface area contributed by atoms with E-state index in [4.69, 9.17) is 4.42 Å². The van der Waals surface area contributed by atoms with Gasteiger partial charge in [0.25, 0.3) is 5.69 Å². The maximum atomic E-state index is 11.4. The van der Waals surface area contributed by atoms with E-state index in [0.29, 0.717) is 10.2 Å². The molecule has 98 valence electrons. The van der Waals surface area contributed by atoms with Crippen LogP contribution < -0.4 is 0 Å². The van der Waals surface area contributed by atoms with Crippen molar-refractivity contribution in [3.63, 3.8) is 0 Å². The van der Waals surface area contributed by atoms with E-state index in [1.165, 1.54) is 25.5 Å². The molecule has 7 heteroatoms. The lowest BCUT2D eigenvalue weighted by Crippen LogP contribution is -2.02. The Morgan fingerprint density at radius 2 is 2.16 bits per heavy atom. The molecule has 2 aromatic rings. The first kappa shape index (κ1) is 13.3. The van der Waals surface area contributed by atoms with Crippen LogP contribution in [0, 0.1) is 10.1 Å². The molecule has 1 aromatic carbocycles. The van der Waals surface area contributed by atoms with Crippen molar-refractivity contribution in [2.24, 2.45) is 0 Å². The van der Waals surface area contributed by atoms with Gasteiger partial charge in [-0.1, -0.05) is 0 Å². The highest BCUT2D eigenvalue weighted by atomic mass is 79.9. The molecule has 1 heterocycles. The summed E-state index contributed by atoms with van der Waals surface area (Å²) in [5.74, 6) is -0.295. The van der Waals surface area contributed by atoms with E-state index in [0.717, 1.165) is 6.07 Å². The molecule has 0 spiro atoms. The van der Waals surface area contributed by atoms with E-state index in [1.54, 1.807) is 6.07 Å². The van der Waals surface area contributed by atoms with Crippen LogP contribution in [0.5, 0.6) is 0 Å². The van der Waals surface area contributed by atoms with Crippen LogP contribution in [0.4, 0.5) is 5.69 Å². The first-order valence-electron chi connectivity index (χ1n) is 5.14. The average Bonchev–Trinajstić information content (AvgIpc) is 2.83. The number of rotatable bonds is 3. The Hall–Kier alpha value is -2.15. The van der Waals surface area contributed by atoms with Gasteiger partial charge in [0, 0.05) is 6.07 Å². The van der Waals surface area contributed by atoms with Crippen molar-refractivity contribution in [1.29, 1.82) is 0 Å². The summed E-state index contributed by atoms with van der Waals surface area (Å²) in [6.07, 6.45) is 1.41. The number of carbonyl (C=O) groups excluding carboxylic acids is 1. The van der Waals surface area contributed by atoms with Gasteiger partial charge >= 0.3 is 5.97 Å². The van der Waals surface area contributed by atoms with Gasteiger partial charge in [0.1, 0.15) is 0 Å². The van der Waals surface area contributed by atoms with Crippen LogP contribution in [0.1, 0.15) is 10.4 Å². The van der Waals surface area contributed by atoms with E-state index >= 15 is 0 Å². The van der Waals surface area contributed by atoms with Gasteiger partial charge in [-0.2, -0.15) is 0 Å². The summed E-state index contributed by atoms with van der Waals surface area (Å²) >= 11 is 3.24. The van der Waals surface area contributed by atoms with Crippen LogP contribution in [-0.2, 0) is 4.74 Å². The van der Waals surface area contributed by atoms with Crippen molar-refractivity contribution in [3.8, 4) is 11.3 Å². The second kappa shape index (κ2) is 5.23. The molecule has 0 saturated carbocycles. The monoisotopic (exact) mass is 325 g/mol. The Labute approximate surface area is 116 Å². The van der Waals surface area contributed by atoms with E-state index in [9.17, 15) is 14.9 Å². The highest BCUT2D eigenvalue weighted by Gasteiger charge is 2.22. The number of esters is 1. The normalized spacial score (nSPS) is 10.2. The standard InChI is InChI=1S/C12H8BrNO5/c1-18-12(15)7-2-3-8(10(6-7)14(16)17)11-9(13)4-5-19-11/h2-6H,1H3. The van der Waals surface area contributed by atoms with Gasteiger partial charge in [0.2, 0.25) is 0 Å². The quantitative estimate of drug-likeness (QED) is 0.490. The van der Waals surface area contributed by atoms with Crippen LogP contribution in [0.2, 0.25) is 0 Å². The van der Waals surface area contributed by atoms with Crippen LogP contribution >= 0.6 is 15.9 Å². The molecule has 2 rings (SSSR count). The SMILES string of the molecule is COC(=O)c1ccc(-c2occc2Br)c([N+](=O)[O-])c1. The first-order valence-corrected chi connectivity index (χ1v) is 5.94. The third-order valence-electron chi connectivity index (χ3n) is 2.48. The molecular formula is C12H8BrNO5. The van der Waals surface area contributed by atoms with Gasteiger partial charge in [0.15, 0.2) is 5.76 Å². The van der Waals surface area contributed by atoms with Crippen LogP contribution in [0.25, 0.3) is 11.3 Å². The van der Waals surface area contributed by atoms with Gasteiger partial charge in [0.05, 0.1) is 33.9 Å². The summed E-state index contributed by atoms with van der Waals surface area (Å²) < 4.78 is 10.3. The number of ether oxygens (including phenoxy) is 1. The van der Waals surface area contributed by atoms with Crippen LogP contribution in [-0.4, -0.2) is 18.0 Å². The molecule has 19 heavy (non-hydrogen) atoms. The van der Waals surface area contributed by atoms with Crippen molar-refractivity contribution < 1.29 is 18.9 Å². The Morgan fingerprint density at radius 3 is 2.68 bits per heavy atom. The fourth-order valence-corrected chi connectivity index (χ4v) is 2.02.